The summed E-state index contributed by atoms with van der Waals surface area (Å²) in [5.74, 6) is 0. The van der Waals surface area contributed by atoms with Gasteiger partial charge in [0.25, 0.3) is 0 Å². The number of benzene rings is 1. The van der Waals surface area contributed by atoms with Crippen molar-refractivity contribution in [2.45, 2.75) is 58.5 Å². The van der Waals surface area contributed by atoms with Crippen molar-refractivity contribution in [1.29, 1.82) is 0 Å². The van der Waals surface area contributed by atoms with Crippen LogP contribution in [0, 0.1) is 13.8 Å². The highest BCUT2D eigenvalue weighted by molar-refractivity contribution is 5.36. The van der Waals surface area contributed by atoms with E-state index in [1.165, 1.54) is 49.0 Å². The highest BCUT2D eigenvalue weighted by Crippen LogP contribution is 2.33. The summed E-state index contributed by atoms with van der Waals surface area (Å²) in [7, 11) is 0. The van der Waals surface area contributed by atoms with Gasteiger partial charge in [-0.15, -0.1) is 0 Å². The Morgan fingerprint density at radius 2 is 1.74 bits per heavy atom. The number of hydrogen-bond acceptors (Lipinski definition) is 2. The van der Waals surface area contributed by atoms with E-state index in [2.05, 4.69) is 50.8 Å². The smallest absolute Gasteiger partial charge is 0.0479 e. The summed E-state index contributed by atoms with van der Waals surface area (Å²) in [6, 6.07) is 6.56. The molecule has 1 aliphatic rings. The zero-order chi connectivity index (χ0) is 14.0. The molecule has 0 saturated carbocycles. The van der Waals surface area contributed by atoms with Gasteiger partial charge in [-0.3, -0.25) is 4.90 Å². The van der Waals surface area contributed by atoms with Crippen LogP contribution in [0.2, 0.25) is 0 Å². The van der Waals surface area contributed by atoms with Gasteiger partial charge in [0.2, 0.25) is 0 Å². The van der Waals surface area contributed by atoms with Crippen LogP contribution in [-0.4, -0.2) is 23.5 Å². The fourth-order valence-electron chi connectivity index (χ4n) is 3.16. The molecule has 19 heavy (non-hydrogen) atoms. The lowest BCUT2D eigenvalue weighted by atomic mass is 9.83. The standard InChI is InChI=1S/C17H28N2/c1-13-9-8-10-15(14(13)2)16(18)17(3,4)19-11-6-5-7-12-19/h8-10,16H,5-7,11-12,18H2,1-4H3. The van der Waals surface area contributed by atoms with E-state index in [1.54, 1.807) is 0 Å². The fourth-order valence-corrected chi connectivity index (χ4v) is 3.16. The van der Waals surface area contributed by atoms with Gasteiger partial charge in [0, 0.05) is 11.6 Å². The molecular weight excluding hydrogens is 232 g/mol. The van der Waals surface area contributed by atoms with Crippen molar-refractivity contribution in [3.05, 3.63) is 34.9 Å². The summed E-state index contributed by atoms with van der Waals surface area (Å²) in [4.78, 5) is 2.57. The molecule has 0 amide bonds. The summed E-state index contributed by atoms with van der Waals surface area (Å²) in [5.41, 5.74) is 10.6. The van der Waals surface area contributed by atoms with Gasteiger partial charge in [-0.1, -0.05) is 24.6 Å². The topological polar surface area (TPSA) is 29.3 Å². The Hall–Kier alpha value is -0.860. The molecule has 1 aromatic rings. The number of likely N-dealkylation sites (tertiary alicyclic amines) is 1. The molecule has 0 spiro atoms. The van der Waals surface area contributed by atoms with Crippen LogP contribution < -0.4 is 5.73 Å². The van der Waals surface area contributed by atoms with Crippen LogP contribution in [0.3, 0.4) is 0 Å². The van der Waals surface area contributed by atoms with Crippen molar-refractivity contribution in [2.75, 3.05) is 13.1 Å². The van der Waals surface area contributed by atoms with Crippen LogP contribution in [0.15, 0.2) is 18.2 Å². The molecule has 1 heterocycles. The molecule has 2 heteroatoms. The first-order valence-corrected chi connectivity index (χ1v) is 7.51. The molecule has 0 bridgehead atoms. The minimum atomic E-state index is 0.0268. The number of aryl methyl sites for hydroxylation is 1. The summed E-state index contributed by atoms with van der Waals surface area (Å²) >= 11 is 0. The predicted octanol–water partition coefficient (Wildman–Crippen LogP) is 3.57. The van der Waals surface area contributed by atoms with Crippen molar-refractivity contribution < 1.29 is 0 Å². The Bertz CT molecular complexity index is 431. The minimum absolute atomic E-state index is 0.0268. The second kappa shape index (κ2) is 5.64. The van der Waals surface area contributed by atoms with Crippen LogP contribution >= 0.6 is 0 Å². The zero-order valence-corrected chi connectivity index (χ0v) is 12.9. The third-order valence-corrected chi connectivity index (χ3v) is 4.91. The second-order valence-corrected chi connectivity index (χ2v) is 6.47. The average molecular weight is 260 g/mol. The Morgan fingerprint density at radius 1 is 1.11 bits per heavy atom. The number of hydrogen-bond donors (Lipinski definition) is 1. The monoisotopic (exact) mass is 260 g/mol. The van der Waals surface area contributed by atoms with E-state index in [4.69, 9.17) is 5.73 Å². The second-order valence-electron chi connectivity index (χ2n) is 6.47. The molecule has 0 aliphatic carbocycles. The molecule has 0 aromatic heterocycles. The molecule has 2 N–H and O–H groups in total. The summed E-state index contributed by atoms with van der Waals surface area (Å²) in [6.45, 7) is 11.3. The number of rotatable bonds is 3. The van der Waals surface area contributed by atoms with Gasteiger partial charge in [0.15, 0.2) is 0 Å². The first-order chi connectivity index (χ1) is 8.94. The maximum atomic E-state index is 6.63. The normalized spacial score (nSPS) is 19.4. The lowest BCUT2D eigenvalue weighted by Gasteiger charge is -2.45. The van der Waals surface area contributed by atoms with Crippen LogP contribution in [0.4, 0.5) is 0 Å². The van der Waals surface area contributed by atoms with Crippen molar-refractivity contribution >= 4 is 0 Å². The molecular formula is C17H28N2. The van der Waals surface area contributed by atoms with Crippen LogP contribution in [0.25, 0.3) is 0 Å². The Labute approximate surface area is 118 Å². The first-order valence-electron chi connectivity index (χ1n) is 7.51. The lowest BCUT2D eigenvalue weighted by molar-refractivity contribution is 0.0728. The molecule has 2 nitrogen and oxygen atoms in total. The van der Waals surface area contributed by atoms with E-state index < -0.39 is 0 Å². The van der Waals surface area contributed by atoms with E-state index >= 15 is 0 Å². The van der Waals surface area contributed by atoms with Crippen LogP contribution in [-0.2, 0) is 0 Å². The molecule has 1 fully saturated rings. The number of nitrogens with two attached hydrogens (primary N) is 1. The van der Waals surface area contributed by atoms with E-state index in [0.29, 0.717) is 0 Å². The molecule has 106 valence electrons. The number of piperidine rings is 1. The van der Waals surface area contributed by atoms with Crippen LogP contribution in [0.1, 0.15) is 55.8 Å². The largest absolute Gasteiger partial charge is 0.322 e. The Morgan fingerprint density at radius 3 is 2.37 bits per heavy atom. The van der Waals surface area contributed by atoms with E-state index in [9.17, 15) is 0 Å². The van der Waals surface area contributed by atoms with Crippen molar-refractivity contribution in [2.24, 2.45) is 5.73 Å². The summed E-state index contributed by atoms with van der Waals surface area (Å²) < 4.78 is 0. The Kier molecular flexibility index (Phi) is 4.32. The molecule has 1 aliphatic heterocycles. The quantitative estimate of drug-likeness (QED) is 0.900. The van der Waals surface area contributed by atoms with Gasteiger partial charge < -0.3 is 5.73 Å². The van der Waals surface area contributed by atoms with E-state index in [0.717, 1.165) is 0 Å². The Balaban J connectivity index is 2.26. The van der Waals surface area contributed by atoms with Gasteiger partial charge in [-0.05, 0) is 70.3 Å². The SMILES string of the molecule is Cc1cccc(C(N)C(C)(C)N2CCCCC2)c1C. The fraction of sp³-hybridized carbons (Fsp3) is 0.647. The third-order valence-electron chi connectivity index (χ3n) is 4.91. The van der Waals surface area contributed by atoms with Gasteiger partial charge >= 0.3 is 0 Å². The maximum absolute atomic E-state index is 6.63. The van der Waals surface area contributed by atoms with Crippen LogP contribution in [0.5, 0.6) is 0 Å². The molecule has 1 atom stereocenters. The number of nitrogens with zero attached hydrogens (tertiary/aromatic N) is 1. The first kappa shape index (κ1) is 14.5. The minimum Gasteiger partial charge on any atom is -0.322 e. The van der Waals surface area contributed by atoms with Crippen molar-refractivity contribution in [3.63, 3.8) is 0 Å². The van der Waals surface area contributed by atoms with Crippen molar-refractivity contribution in [1.82, 2.24) is 4.90 Å². The average Bonchev–Trinajstić information content (AvgIpc) is 2.42. The lowest BCUT2D eigenvalue weighted by Crippen LogP contribution is -2.53. The summed E-state index contributed by atoms with van der Waals surface area (Å²) in [6.07, 6.45) is 3.98. The summed E-state index contributed by atoms with van der Waals surface area (Å²) in [5, 5.41) is 0. The molecule has 1 aromatic carbocycles. The van der Waals surface area contributed by atoms with E-state index in [1.807, 2.05) is 0 Å². The van der Waals surface area contributed by atoms with Crippen molar-refractivity contribution in [3.8, 4) is 0 Å². The van der Waals surface area contributed by atoms with Gasteiger partial charge in [0.05, 0.1) is 0 Å². The maximum Gasteiger partial charge on any atom is 0.0479 e. The molecule has 1 unspecified atom stereocenters. The highest BCUT2D eigenvalue weighted by atomic mass is 15.2. The molecule has 1 saturated heterocycles. The van der Waals surface area contributed by atoms with Gasteiger partial charge in [-0.2, -0.15) is 0 Å². The molecule has 0 radical (unpaired) electrons. The zero-order valence-electron chi connectivity index (χ0n) is 12.9. The predicted molar refractivity (Wildman–Crippen MR) is 82.3 cm³/mol. The molecule has 2 rings (SSSR count). The van der Waals surface area contributed by atoms with E-state index in [-0.39, 0.29) is 11.6 Å². The van der Waals surface area contributed by atoms with Gasteiger partial charge in [0.1, 0.15) is 0 Å². The van der Waals surface area contributed by atoms with Gasteiger partial charge in [-0.25, -0.2) is 0 Å². The highest BCUT2D eigenvalue weighted by Gasteiger charge is 2.35. The third kappa shape index (κ3) is 2.85.